The van der Waals surface area contributed by atoms with Gasteiger partial charge in [-0.15, -0.1) is 0 Å². The van der Waals surface area contributed by atoms with Crippen LogP contribution in [0.5, 0.6) is 0 Å². The van der Waals surface area contributed by atoms with Crippen LogP contribution >= 0.6 is 0 Å². The number of hydrogen-bond donors (Lipinski definition) is 0. The molecule has 3 aromatic heterocycles. The van der Waals surface area contributed by atoms with E-state index >= 15 is 0 Å². The van der Waals surface area contributed by atoms with Crippen LogP contribution in [-0.2, 0) is 30.6 Å². The molecule has 1 saturated carbocycles. The largest absolute Gasteiger partial charge is 0.417 e. The fourth-order valence-electron chi connectivity index (χ4n) is 4.60. The molecule has 0 unspecified atom stereocenters. The summed E-state index contributed by atoms with van der Waals surface area (Å²) in [6.07, 6.45) is 1.07. The number of carbonyl (C=O) groups is 1. The van der Waals surface area contributed by atoms with Crippen LogP contribution in [0.25, 0.3) is 11.0 Å². The summed E-state index contributed by atoms with van der Waals surface area (Å²) in [6, 6.07) is 1.16. The Morgan fingerprint density at radius 1 is 1.18 bits per heavy atom. The van der Waals surface area contributed by atoms with Crippen LogP contribution < -0.4 is 0 Å². The van der Waals surface area contributed by atoms with Crippen molar-refractivity contribution in [2.75, 3.05) is 26.2 Å². The topological polar surface area (TPSA) is 72.1 Å². The lowest BCUT2D eigenvalue weighted by Crippen LogP contribution is -2.49. The molecular formula is C23H28F3N7O. The van der Waals surface area contributed by atoms with Gasteiger partial charge in [0, 0.05) is 62.6 Å². The maximum Gasteiger partial charge on any atom is 0.417 e. The van der Waals surface area contributed by atoms with Crippen molar-refractivity contribution >= 4 is 16.9 Å². The van der Waals surface area contributed by atoms with Gasteiger partial charge in [-0.2, -0.15) is 23.4 Å². The number of hydrogen-bond acceptors (Lipinski definition) is 5. The van der Waals surface area contributed by atoms with Gasteiger partial charge in [-0.05, 0) is 32.8 Å². The molecule has 1 aliphatic heterocycles. The average molecular weight is 476 g/mol. The molecule has 0 spiro atoms. The van der Waals surface area contributed by atoms with Gasteiger partial charge in [0.15, 0.2) is 5.65 Å². The number of fused-ring (bicyclic) bond motifs is 1. The van der Waals surface area contributed by atoms with E-state index in [4.69, 9.17) is 0 Å². The van der Waals surface area contributed by atoms with E-state index in [-0.39, 0.29) is 35.1 Å². The summed E-state index contributed by atoms with van der Waals surface area (Å²) >= 11 is 0. The zero-order chi connectivity index (χ0) is 24.0. The third-order valence-electron chi connectivity index (χ3n) is 6.63. The minimum absolute atomic E-state index is 0.0119. The Morgan fingerprint density at radius 2 is 1.91 bits per heavy atom. The molecule has 5 rings (SSSR count). The van der Waals surface area contributed by atoms with Gasteiger partial charge in [0.25, 0.3) is 0 Å². The molecule has 34 heavy (non-hydrogen) atoms. The van der Waals surface area contributed by atoms with E-state index in [0.29, 0.717) is 18.8 Å². The predicted molar refractivity (Wildman–Crippen MR) is 119 cm³/mol. The van der Waals surface area contributed by atoms with Crippen molar-refractivity contribution in [3.05, 3.63) is 41.0 Å². The van der Waals surface area contributed by atoms with Crippen LogP contribution in [0.2, 0.25) is 0 Å². The van der Waals surface area contributed by atoms with E-state index in [1.54, 1.807) is 4.90 Å². The second-order valence-electron chi connectivity index (χ2n) is 9.17. The molecule has 0 aromatic carbocycles. The summed E-state index contributed by atoms with van der Waals surface area (Å²) in [5, 5.41) is 8.57. The van der Waals surface area contributed by atoms with Gasteiger partial charge in [0.05, 0.1) is 22.8 Å². The quantitative estimate of drug-likeness (QED) is 0.548. The number of aromatic nitrogens is 5. The van der Waals surface area contributed by atoms with Crippen molar-refractivity contribution in [2.45, 2.75) is 58.4 Å². The van der Waals surface area contributed by atoms with E-state index < -0.39 is 11.7 Å². The lowest BCUT2D eigenvalue weighted by Gasteiger charge is -2.34. The minimum atomic E-state index is -4.50. The van der Waals surface area contributed by atoms with Gasteiger partial charge < -0.3 is 4.90 Å². The van der Waals surface area contributed by atoms with Crippen molar-refractivity contribution < 1.29 is 18.0 Å². The van der Waals surface area contributed by atoms with Gasteiger partial charge in [-0.3, -0.25) is 14.4 Å². The van der Waals surface area contributed by atoms with Crippen molar-refractivity contribution in [3.8, 4) is 0 Å². The third kappa shape index (κ3) is 4.53. The lowest BCUT2D eigenvalue weighted by atomic mass is 10.1. The Kier molecular flexibility index (Phi) is 5.83. The Hall–Kier alpha value is -2.95. The lowest BCUT2D eigenvalue weighted by molar-refractivity contribution is -0.136. The predicted octanol–water partition coefficient (Wildman–Crippen LogP) is 3.20. The van der Waals surface area contributed by atoms with Crippen LogP contribution in [0.4, 0.5) is 13.2 Å². The zero-order valence-electron chi connectivity index (χ0n) is 19.3. The van der Waals surface area contributed by atoms with E-state index in [2.05, 4.69) is 20.1 Å². The molecule has 0 radical (unpaired) electrons. The Bertz CT molecular complexity index is 1200. The molecule has 3 aromatic rings. The van der Waals surface area contributed by atoms with Gasteiger partial charge in [0.2, 0.25) is 5.91 Å². The van der Waals surface area contributed by atoms with Crippen molar-refractivity contribution in [1.82, 2.24) is 34.3 Å². The normalized spacial score (nSPS) is 17.6. The summed E-state index contributed by atoms with van der Waals surface area (Å²) in [6.45, 7) is 7.64. The molecule has 11 heteroatoms. The highest BCUT2D eigenvalue weighted by Crippen LogP contribution is 2.43. The molecule has 0 bridgehead atoms. The molecule has 1 aliphatic carbocycles. The van der Waals surface area contributed by atoms with Crippen LogP contribution in [0.1, 0.15) is 48.2 Å². The van der Waals surface area contributed by atoms with Gasteiger partial charge >= 0.3 is 6.18 Å². The molecular weight excluding hydrogens is 447 g/mol. The second-order valence-corrected chi connectivity index (χ2v) is 9.17. The van der Waals surface area contributed by atoms with E-state index in [1.807, 2.05) is 24.0 Å². The number of pyridine rings is 1. The number of rotatable bonds is 6. The minimum Gasteiger partial charge on any atom is -0.339 e. The molecule has 4 heterocycles. The van der Waals surface area contributed by atoms with Crippen molar-refractivity contribution in [2.24, 2.45) is 0 Å². The Balaban J connectivity index is 1.30. The average Bonchev–Trinajstić information content (AvgIpc) is 3.49. The number of carbonyl (C=O) groups excluding carboxylic acids is 1. The fourth-order valence-corrected chi connectivity index (χ4v) is 4.60. The molecule has 0 atom stereocenters. The fraction of sp³-hybridized carbons (Fsp3) is 0.565. The van der Waals surface area contributed by atoms with Gasteiger partial charge in [0.1, 0.15) is 6.54 Å². The standard InChI is InChI=1S/C23H28F3N7O/c1-3-32-13-16(11-27-32)12-30-6-8-31(9-7-30)20(34)14-33-22-21(15(2)29-33)18(23(24,25)26)10-19(28-22)17-4-5-17/h10-11,13,17H,3-9,12,14H2,1-2H3. The maximum atomic E-state index is 13.8. The summed E-state index contributed by atoms with van der Waals surface area (Å²) < 4.78 is 44.6. The number of amides is 1. The van der Waals surface area contributed by atoms with Gasteiger partial charge in [-0.1, -0.05) is 0 Å². The number of aryl methyl sites for hydroxylation is 2. The molecule has 8 nitrogen and oxygen atoms in total. The van der Waals surface area contributed by atoms with Crippen molar-refractivity contribution in [1.29, 1.82) is 0 Å². The Morgan fingerprint density at radius 3 is 2.53 bits per heavy atom. The molecule has 182 valence electrons. The highest BCUT2D eigenvalue weighted by atomic mass is 19.4. The zero-order valence-corrected chi connectivity index (χ0v) is 19.3. The third-order valence-corrected chi connectivity index (χ3v) is 6.63. The second kappa shape index (κ2) is 8.68. The summed E-state index contributed by atoms with van der Waals surface area (Å²) in [7, 11) is 0. The number of halogens is 3. The monoisotopic (exact) mass is 475 g/mol. The van der Waals surface area contributed by atoms with Crippen LogP contribution in [0, 0.1) is 6.92 Å². The molecule has 2 fully saturated rings. The summed E-state index contributed by atoms with van der Waals surface area (Å²) in [5.41, 5.74) is 1.25. The first-order chi connectivity index (χ1) is 16.2. The van der Waals surface area contributed by atoms with E-state index in [1.165, 1.54) is 11.6 Å². The van der Waals surface area contributed by atoms with E-state index in [9.17, 15) is 18.0 Å². The number of nitrogens with zero attached hydrogens (tertiary/aromatic N) is 7. The number of alkyl halides is 3. The number of piperazine rings is 1. The van der Waals surface area contributed by atoms with Crippen LogP contribution in [-0.4, -0.2) is 66.4 Å². The highest BCUT2D eigenvalue weighted by Gasteiger charge is 2.38. The van der Waals surface area contributed by atoms with Crippen LogP contribution in [0.3, 0.4) is 0 Å². The maximum absolute atomic E-state index is 13.8. The van der Waals surface area contributed by atoms with E-state index in [0.717, 1.165) is 50.7 Å². The highest BCUT2D eigenvalue weighted by molar-refractivity contribution is 5.85. The van der Waals surface area contributed by atoms with Crippen LogP contribution in [0.15, 0.2) is 18.5 Å². The Labute approximate surface area is 195 Å². The SMILES string of the molecule is CCn1cc(CN2CCN(C(=O)Cn3nc(C)c4c(C(F)(F)F)cc(C5CC5)nc43)CC2)cn1. The molecule has 1 amide bonds. The first-order valence-electron chi connectivity index (χ1n) is 11.7. The molecule has 1 saturated heterocycles. The first-order valence-corrected chi connectivity index (χ1v) is 11.7. The van der Waals surface area contributed by atoms with Crippen molar-refractivity contribution in [3.63, 3.8) is 0 Å². The molecule has 0 N–H and O–H groups in total. The smallest absolute Gasteiger partial charge is 0.339 e. The summed E-state index contributed by atoms with van der Waals surface area (Å²) in [4.78, 5) is 21.6. The summed E-state index contributed by atoms with van der Waals surface area (Å²) in [5.74, 6) is -0.0996. The van der Waals surface area contributed by atoms with Gasteiger partial charge in [-0.25, -0.2) is 9.67 Å². The first kappa shape index (κ1) is 22.8. The molecule has 2 aliphatic rings.